The third kappa shape index (κ3) is 3.03. The molecule has 0 N–H and O–H groups in total. The van der Waals surface area contributed by atoms with Crippen molar-refractivity contribution in [2.45, 2.75) is 12.6 Å². The summed E-state index contributed by atoms with van der Waals surface area (Å²) in [6.45, 7) is 0. The van der Waals surface area contributed by atoms with Crippen LogP contribution in [0.3, 0.4) is 0 Å². The molecule has 3 rings (SSSR count). The number of nitro groups is 2. The van der Waals surface area contributed by atoms with E-state index in [-0.39, 0.29) is 28.6 Å². The van der Waals surface area contributed by atoms with Gasteiger partial charge in [-0.2, -0.15) is 13.2 Å². The highest BCUT2D eigenvalue weighted by molar-refractivity contribution is 5.85. The van der Waals surface area contributed by atoms with E-state index in [1.165, 1.54) is 12.1 Å². The maximum Gasteiger partial charge on any atom is 0.422 e. The zero-order chi connectivity index (χ0) is 19.1. The van der Waals surface area contributed by atoms with Gasteiger partial charge in [-0.25, -0.2) is 4.63 Å². The monoisotopic (exact) mass is 368 g/mol. The molecule has 0 bridgehead atoms. The van der Waals surface area contributed by atoms with Crippen molar-refractivity contribution in [1.29, 1.82) is 0 Å². The van der Waals surface area contributed by atoms with Gasteiger partial charge in [0.2, 0.25) is 5.52 Å². The average Bonchev–Trinajstić information content (AvgIpc) is 3.01. The molecule has 0 aliphatic heterocycles. The molecule has 134 valence electrons. The van der Waals surface area contributed by atoms with E-state index in [1.54, 1.807) is 0 Å². The molecule has 0 aliphatic rings. The van der Waals surface area contributed by atoms with Crippen LogP contribution in [0.5, 0.6) is 0 Å². The minimum atomic E-state index is -4.89. The summed E-state index contributed by atoms with van der Waals surface area (Å²) in [5, 5.41) is 29.2. The molecule has 0 aliphatic carbocycles. The third-order valence-corrected chi connectivity index (χ3v) is 3.63. The third-order valence-electron chi connectivity index (χ3n) is 3.63. The number of benzene rings is 2. The van der Waals surface area contributed by atoms with Gasteiger partial charge in [-0.15, -0.1) is 0 Å². The summed E-state index contributed by atoms with van der Waals surface area (Å²) in [7, 11) is 0. The van der Waals surface area contributed by atoms with E-state index in [0.717, 1.165) is 12.1 Å². The van der Waals surface area contributed by atoms with Gasteiger partial charge in [-0.3, -0.25) is 20.2 Å². The van der Waals surface area contributed by atoms with E-state index < -0.39 is 33.0 Å². The van der Waals surface area contributed by atoms with Crippen LogP contribution in [0, 0.1) is 20.2 Å². The van der Waals surface area contributed by atoms with E-state index in [9.17, 15) is 33.4 Å². The lowest BCUT2D eigenvalue weighted by Crippen LogP contribution is -2.09. The number of fused-ring (bicyclic) bond motifs is 1. The standard InChI is InChI=1S/C14H7F3N4O5/c15-14(16,17)9-3-1-7(6-11(9)20(22)23)5-8-2-4-10-12(19-26-18-10)13(8)21(24)25/h1-4,6H,5H2. The molecule has 0 fully saturated rings. The van der Waals surface area contributed by atoms with Crippen molar-refractivity contribution in [2.75, 3.05) is 0 Å². The molecule has 2 aromatic carbocycles. The Morgan fingerprint density at radius 2 is 1.77 bits per heavy atom. The first kappa shape index (κ1) is 17.3. The summed E-state index contributed by atoms with van der Waals surface area (Å²) in [4.78, 5) is 20.4. The second kappa shape index (κ2) is 6.06. The number of halogens is 3. The molecule has 0 spiro atoms. The lowest BCUT2D eigenvalue weighted by molar-refractivity contribution is -0.388. The van der Waals surface area contributed by atoms with E-state index in [2.05, 4.69) is 14.9 Å². The summed E-state index contributed by atoms with van der Waals surface area (Å²) in [6, 6.07) is 5.10. The second-order valence-corrected chi connectivity index (χ2v) is 5.25. The van der Waals surface area contributed by atoms with E-state index >= 15 is 0 Å². The predicted octanol–water partition coefficient (Wildman–Crippen LogP) is 3.65. The molecule has 26 heavy (non-hydrogen) atoms. The van der Waals surface area contributed by atoms with Crippen molar-refractivity contribution in [3.8, 4) is 0 Å². The van der Waals surface area contributed by atoms with Gasteiger partial charge in [0.05, 0.1) is 9.85 Å². The first-order valence-electron chi connectivity index (χ1n) is 6.91. The SMILES string of the molecule is O=[N+]([O-])c1cc(Cc2ccc3nonc3c2[N+](=O)[O-])ccc1C(F)(F)F. The first-order chi connectivity index (χ1) is 12.2. The van der Waals surface area contributed by atoms with Crippen molar-refractivity contribution in [3.05, 3.63) is 67.3 Å². The first-order valence-corrected chi connectivity index (χ1v) is 6.91. The van der Waals surface area contributed by atoms with Gasteiger partial charge in [0, 0.05) is 18.1 Å². The highest BCUT2D eigenvalue weighted by Gasteiger charge is 2.38. The second-order valence-electron chi connectivity index (χ2n) is 5.25. The molecule has 9 nitrogen and oxygen atoms in total. The molecule has 1 heterocycles. The van der Waals surface area contributed by atoms with Crippen LogP contribution in [0.2, 0.25) is 0 Å². The number of nitro benzene ring substituents is 2. The van der Waals surface area contributed by atoms with Crippen molar-refractivity contribution >= 4 is 22.4 Å². The predicted molar refractivity (Wildman–Crippen MR) is 79.4 cm³/mol. The van der Waals surface area contributed by atoms with Crippen molar-refractivity contribution in [1.82, 2.24) is 10.3 Å². The lowest BCUT2D eigenvalue weighted by atomic mass is 10.00. The Morgan fingerprint density at radius 1 is 1.04 bits per heavy atom. The van der Waals surface area contributed by atoms with E-state index in [0.29, 0.717) is 6.07 Å². The van der Waals surface area contributed by atoms with Crippen LogP contribution in [0.4, 0.5) is 24.5 Å². The number of alkyl halides is 3. The molecule has 1 aromatic heterocycles. The highest BCUT2D eigenvalue weighted by Crippen LogP contribution is 2.37. The average molecular weight is 368 g/mol. The van der Waals surface area contributed by atoms with Crippen LogP contribution in [0.15, 0.2) is 35.0 Å². The van der Waals surface area contributed by atoms with Gasteiger partial charge in [-0.1, -0.05) is 6.07 Å². The minimum Gasteiger partial charge on any atom is -0.258 e. The summed E-state index contributed by atoms with van der Waals surface area (Å²) in [5.41, 5.74) is -2.71. The molecular weight excluding hydrogens is 361 g/mol. The van der Waals surface area contributed by atoms with Crippen LogP contribution in [0.25, 0.3) is 11.0 Å². The molecule has 0 saturated heterocycles. The Morgan fingerprint density at radius 3 is 2.38 bits per heavy atom. The van der Waals surface area contributed by atoms with Gasteiger partial charge in [0.15, 0.2) is 0 Å². The Balaban J connectivity index is 2.08. The number of hydrogen-bond donors (Lipinski definition) is 0. The number of rotatable bonds is 4. The Hall–Kier alpha value is -3.57. The quantitative estimate of drug-likeness (QED) is 0.508. The highest BCUT2D eigenvalue weighted by atomic mass is 19.4. The zero-order valence-corrected chi connectivity index (χ0v) is 12.6. The Bertz CT molecular complexity index is 1030. The fraction of sp³-hybridized carbons (Fsp3) is 0.143. The van der Waals surface area contributed by atoms with E-state index in [4.69, 9.17) is 0 Å². The summed E-state index contributed by atoms with van der Waals surface area (Å²) in [6.07, 6.45) is -5.10. The smallest absolute Gasteiger partial charge is 0.258 e. The summed E-state index contributed by atoms with van der Waals surface area (Å²) < 4.78 is 43.0. The van der Waals surface area contributed by atoms with Gasteiger partial charge in [0.25, 0.3) is 5.69 Å². The molecule has 0 unspecified atom stereocenters. The molecule has 12 heteroatoms. The van der Waals surface area contributed by atoms with Crippen LogP contribution in [0.1, 0.15) is 16.7 Å². The molecule has 0 atom stereocenters. The Kier molecular flexibility index (Phi) is 4.02. The number of aromatic nitrogens is 2. The number of nitrogens with zero attached hydrogens (tertiary/aromatic N) is 4. The molecule has 3 aromatic rings. The van der Waals surface area contributed by atoms with Crippen LogP contribution in [-0.2, 0) is 12.6 Å². The van der Waals surface area contributed by atoms with Gasteiger partial charge in [-0.05, 0) is 34.1 Å². The molecule has 0 saturated carbocycles. The maximum absolute atomic E-state index is 12.9. The fourth-order valence-corrected chi connectivity index (χ4v) is 2.52. The lowest BCUT2D eigenvalue weighted by Gasteiger charge is -2.09. The molecule has 0 radical (unpaired) electrons. The zero-order valence-electron chi connectivity index (χ0n) is 12.6. The van der Waals surface area contributed by atoms with Crippen molar-refractivity contribution in [3.63, 3.8) is 0 Å². The van der Waals surface area contributed by atoms with Gasteiger partial charge in [0.1, 0.15) is 11.1 Å². The minimum absolute atomic E-state index is 0.101. The Labute approximate surface area is 141 Å². The fourth-order valence-electron chi connectivity index (χ4n) is 2.52. The molecular formula is C14H7F3N4O5. The van der Waals surface area contributed by atoms with Crippen molar-refractivity contribution < 1.29 is 27.6 Å². The van der Waals surface area contributed by atoms with Crippen LogP contribution >= 0.6 is 0 Å². The van der Waals surface area contributed by atoms with Crippen LogP contribution < -0.4 is 0 Å². The maximum atomic E-state index is 12.9. The topological polar surface area (TPSA) is 125 Å². The van der Waals surface area contributed by atoms with Gasteiger partial charge < -0.3 is 0 Å². The van der Waals surface area contributed by atoms with Gasteiger partial charge >= 0.3 is 11.9 Å². The summed E-state index contributed by atoms with van der Waals surface area (Å²) >= 11 is 0. The normalized spacial score (nSPS) is 11.7. The van der Waals surface area contributed by atoms with E-state index in [1.807, 2.05) is 0 Å². The molecule has 0 amide bonds. The van der Waals surface area contributed by atoms with Crippen LogP contribution in [-0.4, -0.2) is 20.2 Å². The number of hydrogen-bond acceptors (Lipinski definition) is 7. The summed E-state index contributed by atoms with van der Waals surface area (Å²) in [5.74, 6) is 0. The van der Waals surface area contributed by atoms with Crippen molar-refractivity contribution in [2.24, 2.45) is 0 Å². The largest absolute Gasteiger partial charge is 0.422 e.